The molecule has 8 heteroatoms. The van der Waals surface area contributed by atoms with Crippen molar-refractivity contribution in [2.75, 3.05) is 23.4 Å². The van der Waals surface area contributed by atoms with Gasteiger partial charge in [-0.3, -0.25) is 14.5 Å². The first-order chi connectivity index (χ1) is 15.5. The molecule has 3 rings (SSSR count). The zero-order valence-corrected chi connectivity index (χ0v) is 17.6. The quantitative estimate of drug-likeness (QED) is 0.430. The van der Waals surface area contributed by atoms with E-state index in [-0.39, 0.29) is 17.8 Å². The Morgan fingerprint density at radius 1 is 0.938 bits per heavy atom. The number of para-hydroxylation sites is 2. The number of carbonyl (C=O) groups is 3. The molecule has 0 unspecified atom stereocenters. The fourth-order valence-electron chi connectivity index (χ4n) is 2.85. The molecule has 0 saturated carbocycles. The summed E-state index contributed by atoms with van der Waals surface area (Å²) in [6.45, 7) is -0.747. The van der Waals surface area contributed by atoms with Crippen LogP contribution in [0.5, 0.6) is 0 Å². The summed E-state index contributed by atoms with van der Waals surface area (Å²) in [5, 5.41) is 12.2. The molecule has 1 N–H and O–H groups in total. The second-order valence-electron chi connectivity index (χ2n) is 6.56. The van der Waals surface area contributed by atoms with Crippen LogP contribution in [0.15, 0.2) is 78.9 Å². The normalized spacial score (nSPS) is 10.0. The lowest BCUT2D eigenvalue weighted by molar-refractivity contribution is -0.121. The highest BCUT2D eigenvalue weighted by Gasteiger charge is 2.20. The molecule has 0 aliphatic carbocycles. The number of nitrogens with one attached hydrogen (secondary N) is 1. The van der Waals surface area contributed by atoms with Crippen molar-refractivity contribution >= 4 is 40.8 Å². The Balaban J connectivity index is 1.69. The Labute approximate surface area is 189 Å². The number of hydrogen-bond acceptors (Lipinski definition) is 5. The van der Waals surface area contributed by atoms with E-state index in [0.717, 1.165) is 0 Å². The Morgan fingerprint density at radius 2 is 1.59 bits per heavy atom. The first-order valence-corrected chi connectivity index (χ1v) is 9.93. The largest absolute Gasteiger partial charge is 0.452 e. The lowest BCUT2D eigenvalue weighted by Gasteiger charge is -2.19. The standard InChI is InChI=1S/C24H18ClN3O4/c25-18-12-10-17(11-13-18)23(30)27-21-9-5-4-8-20(21)24(31)32-16-22(29)28(15-14-26)19-6-2-1-3-7-19/h1-13H,15-16H2,(H,27,30). The van der Waals surface area contributed by atoms with Crippen molar-refractivity contribution in [1.82, 2.24) is 0 Å². The van der Waals surface area contributed by atoms with Crippen LogP contribution in [0.2, 0.25) is 5.02 Å². The van der Waals surface area contributed by atoms with Crippen LogP contribution in [-0.4, -0.2) is 30.9 Å². The first kappa shape index (κ1) is 22.5. The minimum atomic E-state index is -0.782. The van der Waals surface area contributed by atoms with E-state index >= 15 is 0 Å². The maximum atomic E-state index is 12.6. The van der Waals surface area contributed by atoms with Gasteiger partial charge >= 0.3 is 5.97 Å². The summed E-state index contributed by atoms with van der Waals surface area (Å²) in [6, 6.07) is 23.1. The van der Waals surface area contributed by atoms with Crippen LogP contribution in [-0.2, 0) is 9.53 Å². The number of halogens is 1. The van der Waals surface area contributed by atoms with Crippen LogP contribution in [0, 0.1) is 11.3 Å². The number of benzene rings is 3. The van der Waals surface area contributed by atoms with E-state index in [0.29, 0.717) is 16.3 Å². The van der Waals surface area contributed by atoms with Crippen LogP contribution in [0.25, 0.3) is 0 Å². The third-order valence-corrected chi connectivity index (χ3v) is 4.68. The van der Waals surface area contributed by atoms with Crippen LogP contribution >= 0.6 is 11.6 Å². The zero-order valence-electron chi connectivity index (χ0n) is 16.8. The Bertz CT molecular complexity index is 1160. The van der Waals surface area contributed by atoms with Gasteiger partial charge in [0.25, 0.3) is 11.8 Å². The van der Waals surface area contributed by atoms with E-state index in [1.165, 1.54) is 11.0 Å². The van der Waals surface area contributed by atoms with Crippen LogP contribution < -0.4 is 10.2 Å². The molecular formula is C24H18ClN3O4. The Kier molecular flexibility index (Phi) is 7.57. The van der Waals surface area contributed by atoms with Crippen LogP contribution in [0.3, 0.4) is 0 Å². The third kappa shape index (κ3) is 5.72. The van der Waals surface area contributed by atoms with E-state index in [2.05, 4.69) is 5.32 Å². The number of carbonyl (C=O) groups excluding carboxylic acids is 3. The van der Waals surface area contributed by atoms with Crippen LogP contribution in [0.1, 0.15) is 20.7 Å². The number of ether oxygens (including phenoxy) is 1. The van der Waals surface area contributed by atoms with Crippen molar-refractivity contribution in [2.24, 2.45) is 0 Å². The Hall–Kier alpha value is -4.15. The highest BCUT2D eigenvalue weighted by molar-refractivity contribution is 6.30. The summed E-state index contributed by atoms with van der Waals surface area (Å²) in [4.78, 5) is 38.9. The van der Waals surface area contributed by atoms with Crippen molar-refractivity contribution in [3.8, 4) is 6.07 Å². The fourth-order valence-corrected chi connectivity index (χ4v) is 2.98. The van der Waals surface area contributed by atoms with E-state index in [1.807, 2.05) is 6.07 Å². The SMILES string of the molecule is N#CCN(C(=O)COC(=O)c1ccccc1NC(=O)c1ccc(Cl)cc1)c1ccccc1. The smallest absolute Gasteiger partial charge is 0.340 e. The van der Waals surface area contributed by atoms with E-state index in [9.17, 15) is 14.4 Å². The van der Waals surface area contributed by atoms with Crippen LogP contribution in [0.4, 0.5) is 11.4 Å². The van der Waals surface area contributed by atoms with Crippen molar-refractivity contribution in [1.29, 1.82) is 5.26 Å². The average Bonchev–Trinajstić information content (AvgIpc) is 2.82. The molecule has 32 heavy (non-hydrogen) atoms. The lowest BCUT2D eigenvalue weighted by Crippen LogP contribution is -2.35. The maximum absolute atomic E-state index is 12.6. The number of nitrogens with zero attached hydrogens (tertiary/aromatic N) is 2. The molecule has 3 aromatic carbocycles. The second kappa shape index (κ2) is 10.8. The minimum absolute atomic E-state index is 0.0918. The van der Waals surface area contributed by atoms with Crippen molar-refractivity contribution in [2.45, 2.75) is 0 Å². The minimum Gasteiger partial charge on any atom is -0.452 e. The average molecular weight is 448 g/mol. The topological polar surface area (TPSA) is 99.5 Å². The highest BCUT2D eigenvalue weighted by atomic mass is 35.5. The van der Waals surface area contributed by atoms with Gasteiger partial charge in [0.1, 0.15) is 6.54 Å². The summed E-state index contributed by atoms with van der Waals surface area (Å²) in [5.41, 5.74) is 1.21. The molecule has 3 aromatic rings. The van der Waals surface area contributed by atoms with Crippen molar-refractivity contribution in [3.63, 3.8) is 0 Å². The molecule has 0 atom stereocenters. The van der Waals surface area contributed by atoms with Gasteiger partial charge in [-0.1, -0.05) is 41.9 Å². The maximum Gasteiger partial charge on any atom is 0.340 e. The molecule has 0 heterocycles. The molecule has 7 nitrogen and oxygen atoms in total. The predicted molar refractivity (Wildman–Crippen MR) is 121 cm³/mol. The lowest BCUT2D eigenvalue weighted by atomic mass is 10.1. The number of rotatable bonds is 7. The summed E-state index contributed by atoms with van der Waals surface area (Å²) in [5.74, 6) is -1.76. The van der Waals surface area contributed by atoms with Gasteiger partial charge in [-0.05, 0) is 48.5 Å². The summed E-state index contributed by atoms with van der Waals surface area (Å²) in [6.07, 6.45) is 0. The van der Waals surface area contributed by atoms with Gasteiger partial charge in [0.2, 0.25) is 0 Å². The fraction of sp³-hybridized carbons (Fsp3) is 0.0833. The third-order valence-electron chi connectivity index (χ3n) is 4.43. The molecular weight excluding hydrogens is 430 g/mol. The molecule has 0 fully saturated rings. The highest BCUT2D eigenvalue weighted by Crippen LogP contribution is 2.19. The summed E-state index contributed by atoms with van der Waals surface area (Å²) in [7, 11) is 0. The van der Waals surface area contributed by atoms with E-state index in [4.69, 9.17) is 21.6 Å². The number of esters is 1. The Morgan fingerprint density at radius 3 is 2.28 bits per heavy atom. The van der Waals surface area contributed by atoms with Crippen molar-refractivity contribution in [3.05, 3.63) is 95.0 Å². The molecule has 0 radical (unpaired) electrons. The number of nitriles is 1. The summed E-state index contributed by atoms with van der Waals surface area (Å²) < 4.78 is 5.17. The first-order valence-electron chi connectivity index (χ1n) is 9.55. The zero-order chi connectivity index (χ0) is 22.9. The number of hydrogen-bond donors (Lipinski definition) is 1. The van der Waals surface area contributed by atoms with E-state index < -0.39 is 24.4 Å². The van der Waals surface area contributed by atoms with Gasteiger partial charge in [0.05, 0.1) is 17.3 Å². The molecule has 0 aromatic heterocycles. The molecule has 0 aliphatic rings. The van der Waals surface area contributed by atoms with Gasteiger partial charge in [0.15, 0.2) is 6.61 Å². The van der Waals surface area contributed by atoms with Gasteiger partial charge in [-0.25, -0.2) is 4.79 Å². The number of anilines is 2. The monoisotopic (exact) mass is 447 g/mol. The number of amides is 2. The molecule has 160 valence electrons. The molecule has 0 spiro atoms. The van der Waals surface area contributed by atoms with Gasteiger partial charge < -0.3 is 10.1 Å². The van der Waals surface area contributed by atoms with Gasteiger partial charge in [0, 0.05) is 16.3 Å². The molecule has 0 saturated heterocycles. The van der Waals surface area contributed by atoms with Gasteiger partial charge in [-0.2, -0.15) is 5.26 Å². The second-order valence-corrected chi connectivity index (χ2v) is 6.99. The molecule has 2 amide bonds. The molecule has 0 aliphatic heterocycles. The van der Waals surface area contributed by atoms with E-state index in [1.54, 1.807) is 72.8 Å². The molecule has 0 bridgehead atoms. The van der Waals surface area contributed by atoms with Gasteiger partial charge in [-0.15, -0.1) is 0 Å². The predicted octanol–water partition coefficient (Wildman–Crippen LogP) is 4.31. The van der Waals surface area contributed by atoms with Crippen molar-refractivity contribution < 1.29 is 19.1 Å². The summed E-state index contributed by atoms with van der Waals surface area (Å²) >= 11 is 5.84.